The Labute approximate surface area is 103 Å². The summed E-state index contributed by atoms with van der Waals surface area (Å²) in [7, 11) is 0. The van der Waals surface area contributed by atoms with Crippen molar-refractivity contribution in [3.8, 4) is 0 Å². The Morgan fingerprint density at radius 3 is 2.71 bits per heavy atom. The smallest absolute Gasteiger partial charge is 0.319 e. The van der Waals surface area contributed by atoms with Crippen molar-refractivity contribution in [1.29, 1.82) is 0 Å². The van der Waals surface area contributed by atoms with E-state index < -0.39 is 0 Å². The van der Waals surface area contributed by atoms with E-state index in [-0.39, 0.29) is 6.03 Å². The second-order valence-corrected chi connectivity index (χ2v) is 4.69. The lowest BCUT2D eigenvalue weighted by molar-refractivity contribution is 0.188. The highest BCUT2D eigenvalue weighted by atomic mass is 16.2. The van der Waals surface area contributed by atoms with Gasteiger partial charge in [0.2, 0.25) is 0 Å². The van der Waals surface area contributed by atoms with Gasteiger partial charge in [0.15, 0.2) is 0 Å². The maximum Gasteiger partial charge on any atom is 0.322 e. The maximum atomic E-state index is 12.2. The molecule has 1 saturated heterocycles. The predicted molar refractivity (Wildman–Crippen MR) is 70.1 cm³/mol. The Kier molecular flexibility index (Phi) is 3.67. The van der Waals surface area contributed by atoms with Gasteiger partial charge in [-0.05, 0) is 38.3 Å². The summed E-state index contributed by atoms with van der Waals surface area (Å²) in [4.78, 5) is 14.2. The van der Waals surface area contributed by atoms with Gasteiger partial charge in [-0.2, -0.15) is 0 Å². The molecule has 0 aliphatic carbocycles. The Morgan fingerprint density at radius 1 is 1.35 bits per heavy atom. The molecule has 1 heterocycles. The average Bonchev–Trinajstić information content (AvgIpc) is 2.71. The summed E-state index contributed by atoms with van der Waals surface area (Å²) in [6, 6.07) is 10.4. The Bertz CT molecular complexity index is 377. The molecule has 0 bridgehead atoms. The molecule has 1 aromatic carbocycles. The van der Waals surface area contributed by atoms with Gasteiger partial charge in [-0.1, -0.05) is 25.1 Å². The number of carbonyl (C=O) groups is 1. The highest BCUT2D eigenvalue weighted by Gasteiger charge is 2.32. The maximum absolute atomic E-state index is 12.2. The molecular formula is C14H20N2O. The van der Waals surface area contributed by atoms with E-state index in [1.165, 1.54) is 0 Å². The number of anilines is 1. The summed E-state index contributed by atoms with van der Waals surface area (Å²) in [6.07, 6.45) is 3.27. The van der Waals surface area contributed by atoms with Gasteiger partial charge in [-0.3, -0.25) is 0 Å². The van der Waals surface area contributed by atoms with E-state index in [0.717, 1.165) is 24.9 Å². The molecule has 0 unspecified atom stereocenters. The molecular weight excluding hydrogens is 212 g/mol. The van der Waals surface area contributed by atoms with E-state index in [1.807, 2.05) is 35.2 Å². The zero-order valence-electron chi connectivity index (χ0n) is 10.5. The van der Waals surface area contributed by atoms with Crippen LogP contribution in [0.1, 0.15) is 33.1 Å². The molecule has 0 saturated carbocycles. The fourth-order valence-electron chi connectivity index (χ4n) is 2.55. The van der Waals surface area contributed by atoms with E-state index in [9.17, 15) is 4.79 Å². The highest BCUT2D eigenvalue weighted by Crippen LogP contribution is 2.26. The lowest BCUT2D eigenvalue weighted by atomic mass is 10.2. The molecule has 2 rings (SSSR count). The predicted octanol–water partition coefficient (Wildman–Crippen LogP) is 3.48. The molecule has 1 aliphatic rings. The van der Waals surface area contributed by atoms with Crippen LogP contribution in [0.5, 0.6) is 0 Å². The Hall–Kier alpha value is -1.51. The van der Waals surface area contributed by atoms with E-state index in [1.54, 1.807) is 0 Å². The van der Waals surface area contributed by atoms with Gasteiger partial charge in [0.1, 0.15) is 0 Å². The Morgan fingerprint density at radius 2 is 2.06 bits per heavy atom. The molecule has 17 heavy (non-hydrogen) atoms. The molecule has 0 spiro atoms. The standard InChI is InChI=1S/C14H20N2O/c1-3-13-10-9-11(2)16(13)14(17)15-12-7-5-4-6-8-12/h4-8,11,13H,3,9-10H2,1-2H3,(H,15,17)/t11-,13+/m1/s1. The Balaban J connectivity index is 2.04. The van der Waals surface area contributed by atoms with Crippen LogP contribution in [-0.4, -0.2) is 23.0 Å². The monoisotopic (exact) mass is 232 g/mol. The lowest BCUT2D eigenvalue weighted by Crippen LogP contribution is -2.42. The number of amides is 2. The second-order valence-electron chi connectivity index (χ2n) is 4.69. The van der Waals surface area contributed by atoms with Crippen molar-refractivity contribution in [2.45, 2.75) is 45.2 Å². The van der Waals surface area contributed by atoms with Crippen molar-refractivity contribution in [3.63, 3.8) is 0 Å². The number of nitrogens with zero attached hydrogens (tertiary/aromatic N) is 1. The van der Waals surface area contributed by atoms with Gasteiger partial charge in [0.25, 0.3) is 0 Å². The fraction of sp³-hybridized carbons (Fsp3) is 0.500. The first-order valence-corrected chi connectivity index (χ1v) is 6.36. The third-order valence-electron chi connectivity index (χ3n) is 3.52. The van der Waals surface area contributed by atoms with Gasteiger partial charge < -0.3 is 10.2 Å². The summed E-state index contributed by atoms with van der Waals surface area (Å²) >= 11 is 0. The zero-order chi connectivity index (χ0) is 12.3. The van der Waals surface area contributed by atoms with Crippen molar-refractivity contribution >= 4 is 11.7 Å². The molecule has 3 heteroatoms. The number of hydrogen-bond acceptors (Lipinski definition) is 1. The van der Waals surface area contributed by atoms with E-state index in [0.29, 0.717) is 12.1 Å². The molecule has 92 valence electrons. The fourth-order valence-corrected chi connectivity index (χ4v) is 2.55. The molecule has 1 aliphatic heterocycles. The van der Waals surface area contributed by atoms with Crippen LogP contribution in [0.4, 0.5) is 10.5 Å². The minimum Gasteiger partial charge on any atom is -0.319 e. The SMILES string of the molecule is CC[C@H]1CC[C@@H](C)N1C(=O)Nc1ccccc1. The summed E-state index contributed by atoms with van der Waals surface area (Å²) in [5.74, 6) is 0. The molecule has 3 nitrogen and oxygen atoms in total. The van der Waals surface area contributed by atoms with Gasteiger partial charge in [-0.15, -0.1) is 0 Å². The summed E-state index contributed by atoms with van der Waals surface area (Å²) in [6.45, 7) is 4.27. The van der Waals surface area contributed by atoms with Crippen LogP contribution in [0.2, 0.25) is 0 Å². The topological polar surface area (TPSA) is 32.3 Å². The van der Waals surface area contributed by atoms with E-state index in [2.05, 4.69) is 19.2 Å². The number of benzene rings is 1. The van der Waals surface area contributed by atoms with Gasteiger partial charge in [0, 0.05) is 17.8 Å². The summed E-state index contributed by atoms with van der Waals surface area (Å²) in [5, 5.41) is 2.97. The van der Waals surface area contributed by atoms with E-state index >= 15 is 0 Å². The second kappa shape index (κ2) is 5.21. The van der Waals surface area contributed by atoms with Crippen molar-refractivity contribution in [3.05, 3.63) is 30.3 Å². The first-order valence-electron chi connectivity index (χ1n) is 6.36. The van der Waals surface area contributed by atoms with E-state index in [4.69, 9.17) is 0 Å². The molecule has 0 radical (unpaired) electrons. The molecule has 1 aromatic rings. The number of urea groups is 1. The van der Waals surface area contributed by atoms with Crippen molar-refractivity contribution in [1.82, 2.24) is 4.90 Å². The third kappa shape index (κ3) is 2.60. The minimum atomic E-state index is 0.0352. The first kappa shape index (κ1) is 12.0. The molecule has 0 aromatic heterocycles. The first-order chi connectivity index (χ1) is 8.22. The average molecular weight is 232 g/mol. The normalized spacial score (nSPS) is 23.8. The minimum absolute atomic E-state index is 0.0352. The molecule has 2 amide bonds. The number of hydrogen-bond donors (Lipinski definition) is 1. The number of rotatable bonds is 2. The number of para-hydroxylation sites is 1. The van der Waals surface area contributed by atoms with Crippen LogP contribution in [0, 0.1) is 0 Å². The van der Waals surface area contributed by atoms with Crippen LogP contribution < -0.4 is 5.32 Å². The van der Waals surface area contributed by atoms with Crippen molar-refractivity contribution < 1.29 is 4.79 Å². The van der Waals surface area contributed by atoms with Crippen LogP contribution in [0.3, 0.4) is 0 Å². The lowest BCUT2D eigenvalue weighted by Gasteiger charge is -2.28. The highest BCUT2D eigenvalue weighted by molar-refractivity contribution is 5.89. The number of nitrogens with one attached hydrogen (secondary N) is 1. The largest absolute Gasteiger partial charge is 0.322 e. The van der Waals surface area contributed by atoms with Crippen LogP contribution in [0.25, 0.3) is 0 Å². The van der Waals surface area contributed by atoms with Crippen molar-refractivity contribution in [2.75, 3.05) is 5.32 Å². The molecule has 1 fully saturated rings. The van der Waals surface area contributed by atoms with Crippen molar-refractivity contribution in [2.24, 2.45) is 0 Å². The third-order valence-corrected chi connectivity index (χ3v) is 3.52. The van der Waals surface area contributed by atoms with Gasteiger partial charge in [0.05, 0.1) is 0 Å². The molecule has 1 N–H and O–H groups in total. The number of carbonyl (C=O) groups excluding carboxylic acids is 1. The number of likely N-dealkylation sites (tertiary alicyclic amines) is 1. The van der Waals surface area contributed by atoms with Gasteiger partial charge in [-0.25, -0.2) is 4.79 Å². The summed E-state index contributed by atoms with van der Waals surface area (Å²) < 4.78 is 0. The zero-order valence-corrected chi connectivity index (χ0v) is 10.5. The molecule has 2 atom stereocenters. The van der Waals surface area contributed by atoms with Crippen LogP contribution in [-0.2, 0) is 0 Å². The van der Waals surface area contributed by atoms with Crippen LogP contribution >= 0.6 is 0 Å². The summed E-state index contributed by atoms with van der Waals surface area (Å²) in [5.41, 5.74) is 0.867. The quantitative estimate of drug-likeness (QED) is 0.831. The van der Waals surface area contributed by atoms with Crippen LogP contribution in [0.15, 0.2) is 30.3 Å². The van der Waals surface area contributed by atoms with Gasteiger partial charge >= 0.3 is 6.03 Å².